The van der Waals surface area contributed by atoms with E-state index in [1.807, 2.05) is 24.3 Å². The number of hydrogen-bond donors (Lipinski definition) is 1. The van der Waals surface area contributed by atoms with E-state index in [0.29, 0.717) is 5.92 Å². The van der Waals surface area contributed by atoms with Gasteiger partial charge in [0.05, 0.1) is 0 Å². The van der Waals surface area contributed by atoms with Gasteiger partial charge >= 0.3 is 0 Å². The molecule has 1 heterocycles. The van der Waals surface area contributed by atoms with Crippen LogP contribution in [-0.2, 0) is 10.0 Å². The molecule has 0 bridgehead atoms. The maximum absolute atomic E-state index is 11.4. The van der Waals surface area contributed by atoms with Crippen LogP contribution >= 0.6 is 0 Å². The molecule has 2 aromatic rings. The predicted octanol–water partition coefficient (Wildman–Crippen LogP) is 2.25. The first-order valence-electron chi connectivity index (χ1n) is 5.70. The molecule has 4 nitrogen and oxygen atoms in total. The molecule has 0 amide bonds. The Morgan fingerprint density at radius 2 is 1.72 bits per heavy atom. The quantitative estimate of drug-likeness (QED) is 0.924. The van der Waals surface area contributed by atoms with Crippen molar-refractivity contribution in [3.05, 3.63) is 48.2 Å². The SMILES string of the molecule is CC(C)c1ccc(-n2cccc2S(N)(=O)=O)cc1. The number of benzene rings is 1. The number of aromatic nitrogens is 1. The highest BCUT2D eigenvalue weighted by Gasteiger charge is 2.14. The van der Waals surface area contributed by atoms with Gasteiger partial charge in [-0.05, 0) is 35.7 Å². The van der Waals surface area contributed by atoms with Gasteiger partial charge in [0.25, 0.3) is 10.0 Å². The van der Waals surface area contributed by atoms with Crippen LogP contribution in [0.4, 0.5) is 0 Å². The second-order valence-corrected chi connectivity index (χ2v) is 6.02. The summed E-state index contributed by atoms with van der Waals surface area (Å²) in [4.78, 5) is 0. The average molecular weight is 264 g/mol. The third-order valence-corrected chi connectivity index (χ3v) is 3.76. The molecule has 1 aromatic carbocycles. The first-order chi connectivity index (χ1) is 8.39. The summed E-state index contributed by atoms with van der Waals surface area (Å²) < 4.78 is 24.4. The summed E-state index contributed by atoms with van der Waals surface area (Å²) in [5, 5.41) is 5.27. The van der Waals surface area contributed by atoms with Gasteiger partial charge in [-0.3, -0.25) is 0 Å². The fraction of sp³-hybridized carbons (Fsp3) is 0.231. The Kier molecular flexibility index (Phi) is 3.28. The molecule has 0 saturated carbocycles. The lowest BCUT2D eigenvalue weighted by Crippen LogP contribution is -2.16. The van der Waals surface area contributed by atoms with Gasteiger partial charge in [-0.15, -0.1) is 0 Å². The van der Waals surface area contributed by atoms with Gasteiger partial charge in [0.1, 0.15) is 0 Å². The van der Waals surface area contributed by atoms with Crippen LogP contribution < -0.4 is 5.14 Å². The first-order valence-corrected chi connectivity index (χ1v) is 7.24. The van der Waals surface area contributed by atoms with E-state index in [4.69, 9.17) is 5.14 Å². The Morgan fingerprint density at radius 3 is 2.22 bits per heavy atom. The van der Waals surface area contributed by atoms with Crippen LogP contribution in [0.3, 0.4) is 0 Å². The second kappa shape index (κ2) is 4.59. The number of sulfonamides is 1. The Bertz CT molecular complexity index is 640. The Hall–Kier alpha value is -1.59. The normalized spacial score (nSPS) is 12.0. The summed E-state index contributed by atoms with van der Waals surface area (Å²) in [6.45, 7) is 4.22. The number of rotatable bonds is 3. The molecule has 5 heteroatoms. The van der Waals surface area contributed by atoms with Crippen LogP contribution in [0.1, 0.15) is 25.3 Å². The van der Waals surface area contributed by atoms with Crippen LogP contribution in [0, 0.1) is 0 Å². The molecule has 0 aliphatic carbocycles. The summed E-state index contributed by atoms with van der Waals surface area (Å²) in [5.41, 5.74) is 2.00. The fourth-order valence-electron chi connectivity index (χ4n) is 1.83. The van der Waals surface area contributed by atoms with Gasteiger partial charge in [0.15, 0.2) is 5.03 Å². The molecule has 0 radical (unpaired) electrons. The second-order valence-electron chi connectivity index (χ2n) is 4.51. The zero-order chi connectivity index (χ0) is 13.3. The summed E-state index contributed by atoms with van der Waals surface area (Å²) in [5.74, 6) is 0.446. The molecule has 0 fully saturated rings. The molecular weight excluding hydrogens is 248 g/mol. The van der Waals surface area contributed by atoms with Crippen molar-refractivity contribution in [2.24, 2.45) is 5.14 Å². The van der Waals surface area contributed by atoms with Crippen LogP contribution in [0.25, 0.3) is 5.69 Å². The standard InChI is InChI=1S/C13H16N2O2S/c1-10(2)11-5-7-12(8-6-11)15-9-3-4-13(15)18(14,16)17/h3-10H,1-2H3,(H2,14,16,17). The number of hydrogen-bond acceptors (Lipinski definition) is 2. The van der Waals surface area contributed by atoms with Crippen LogP contribution in [0.5, 0.6) is 0 Å². The lowest BCUT2D eigenvalue weighted by molar-refractivity contribution is 0.591. The van der Waals surface area contributed by atoms with Crippen LogP contribution in [0.2, 0.25) is 0 Å². The van der Waals surface area contributed by atoms with E-state index < -0.39 is 10.0 Å². The highest BCUT2D eigenvalue weighted by atomic mass is 32.2. The lowest BCUT2D eigenvalue weighted by atomic mass is 10.0. The molecule has 0 atom stereocenters. The van der Waals surface area contributed by atoms with Crippen molar-refractivity contribution in [3.63, 3.8) is 0 Å². The maximum atomic E-state index is 11.4. The van der Waals surface area contributed by atoms with Gasteiger partial charge in [-0.2, -0.15) is 0 Å². The summed E-state index contributed by atoms with van der Waals surface area (Å²) in [6, 6.07) is 10.9. The van der Waals surface area contributed by atoms with E-state index >= 15 is 0 Å². The Morgan fingerprint density at radius 1 is 1.11 bits per heavy atom. The van der Waals surface area contributed by atoms with Crippen molar-refractivity contribution >= 4 is 10.0 Å². The Labute approximate surface area is 107 Å². The fourth-order valence-corrected chi connectivity index (χ4v) is 2.54. The van der Waals surface area contributed by atoms with Crippen molar-refractivity contribution in [1.82, 2.24) is 4.57 Å². The number of nitrogens with zero attached hydrogens (tertiary/aromatic N) is 1. The average Bonchev–Trinajstić information content (AvgIpc) is 2.77. The molecule has 18 heavy (non-hydrogen) atoms. The molecule has 96 valence electrons. The van der Waals surface area contributed by atoms with Crippen LogP contribution in [-0.4, -0.2) is 13.0 Å². The number of primary sulfonamides is 1. The summed E-state index contributed by atoms with van der Waals surface area (Å²) >= 11 is 0. The maximum Gasteiger partial charge on any atom is 0.254 e. The van der Waals surface area contributed by atoms with Gasteiger partial charge in [-0.25, -0.2) is 13.6 Å². The molecule has 0 aliphatic heterocycles. The highest BCUT2D eigenvalue weighted by molar-refractivity contribution is 7.89. The van der Waals surface area contributed by atoms with Crippen LogP contribution in [0.15, 0.2) is 47.6 Å². The summed E-state index contributed by atoms with van der Waals surface area (Å²) in [6.07, 6.45) is 1.68. The van der Waals surface area contributed by atoms with Crippen molar-refractivity contribution in [1.29, 1.82) is 0 Å². The molecule has 0 saturated heterocycles. The van der Waals surface area contributed by atoms with Gasteiger partial charge in [0.2, 0.25) is 0 Å². The third-order valence-electron chi connectivity index (χ3n) is 2.84. The van der Waals surface area contributed by atoms with Gasteiger partial charge in [0, 0.05) is 11.9 Å². The third kappa shape index (κ3) is 2.47. The van der Waals surface area contributed by atoms with E-state index in [1.165, 1.54) is 11.6 Å². The minimum atomic E-state index is -3.70. The van der Waals surface area contributed by atoms with Crippen molar-refractivity contribution in [2.45, 2.75) is 24.8 Å². The molecule has 0 unspecified atom stereocenters. The first kappa shape index (κ1) is 12.9. The van der Waals surface area contributed by atoms with Gasteiger partial charge in [-0.1, -0.05) is 26.0 Å². The topological polar surface area (TPSA) is 65.1 Å². The van der Waals surface area contributed by atoms with Crippen molar-refractivity contribution in [2.75, 3.05) is 0 Å². The highest BCUT2D eigenvalue weighted by Crippen LogP contribution is 2.19. The zero-order valence-electron chi connectivity index (χ0n) is 10.4. The molecule has 2 rings (SSSR count). The van der Waals surface area contributed by atoms with Gasteiger partial charge < -0.3 is 4.57 Å². The molecule has 0 aliphatic rings. The molecular formula is C13H16N2O2S. The minimum Gasteiger partial charge on any atom is -0.306 e. The Balaban J connectivity index is 2.47. The van der Waals surface area contributed by atoms with E-state index in [1.54, 1.807) is 16.8 Å². The van der Waals surface area contributed by atoms with E-state index in [0.717, 1.165) is 5.69 Å². The zero-order valence-corrected chi connectivity index (χ0v) is 11.2. The van der Waals surface area contributed by atoms with E-state index in [-0.39, 0.29) is 5.03 Å². The van der Waals surface area contributed by atoms with Crippen molar-refractivity contribution in [3.8, 4) is 5.69 Å². The minimum absolute atomic E-state index is 0.0970. The monoisotopic (exact) mass is 264 g/mol. The number of nitrogens with two attached hydrogens (primary N) is 1. The van der Waals surface area contributed by atoms with E-state index in [9.17, 15) is 8.42 Å². The predicted molar refractivity (Wildman–Crippen MR) is 71.2 cm³/mol. The molecule has 1 aromatic heterocycles. The molecule has 2 N–H and O–H groups in total. The largest absolute Gasteiger partial charge is 0.306 e. The summed E-state index contributed by atoms with van der Waals surface area (Å²) in [7, 11) is -3.70. The molecule has 0 spiro atoms. The van der Waals surface area contributed by atoms with Crippen molar-refractivity contribution < 1.29 is 8.42 Å². The smallest absolute Gasteiger partial charge is 0.254 e. The lowest BCUT2D eigenvalue weighted by Gasteiger charge is -2.10. The van der Waals surface area contributed by atoms with E-state index in [2.05, 4.69) is 13.8 Å².